The number of hydrogen-bond donors (Lipinski definition) is 3. The second-order valence-electron chi connectivity index (χ2n) is 8.04. The first kappa shape index (κ1) is 20.1. The molecule has 2 aromatic heterocycles. The van der Waals surface area contributed by atoms with Crippen LogP contribution in [0.25, 0.3) is 11.7 Å². The number of rotatable bonds is 7. The molecule has 26 heavy (non-hydrogen) atoms. The fourth-order valence-electron chi connectivity index (χ4n) is 2.63. The number of amides is 1. The van der Waals surface area contributed by atoms with Crippen LogP contribution in [0.2, 0.25) is 0 Å². The van der Waals surface area contributed by atoms with E-state index in [1.54, 1.807) is 11.6 Å². The molecule has 0 aliphatic carbocycles. The van der Waals surface area contributed by atoms with Crippen LogP contribution in [0.4, 0.5) is 0 Å². The van der Waals surface area contributed by atoms with Gasteiger partial charge in [0.05, 0.1) is 11.4 Å². The minimum absolute atomic E-state index is 0.0276. The van der Waals surface area contributed by atoms with Gasteiger partial charge in [0, 0.05) is 24.4 Å². The second-order valence-corrected chi connectivity index (χ2v) is 8.04. The van der Waals surface area contributed by atoms with E-state index in [-0.39, 0.29) is 5.54 Å². The zero-order valence-electron chi connectivity index (χ0n) is 16.3. The largest absolute Gasteiger partial charge is 0.306 e. The molecule has 0 unspecified atom stereocenters. The van der Waals surface area contributed by atoms with Crippen LogP contribution in [-0.2, 0) is 17.8 Å². The molecule has 142 valence electrons. The fourth-order valence-corrected chi connectivity index (χ4v) is 2.63. The topological polar surface area (TPSA) is 78.7 Å². The number of aromatic nitrogens is 2. The number of carbonyl (C=O) groups excluding carboxylic acids is 1. The molecule has 0 aliphatic heterocycles. The van der Waals surface area contributed by atoms with Crippen LogP contribution in [0, 0.1) is 5.92 Å². The molecule has 2 rings (SSSR count). The van der Waals surface area contributed by atoms with Gasteiger partial charge in [0.25, 0.3) is 5.91 Å². The van der Waals surface area contributed by atoms with E-state index in [1.165, 1.54) is 11.8 Å². The number of imidazole rings is 1. The number of hydrogen-bond acceptors (Lipinski definition) is 4. The van der Waals surface area contributed by atoms with Gasteiger partial charge in [0.1, 0.15) is 5.65 Å². The van der Waals surface area contributed by atoms with E-state index >= 15 is 0 Å². The molecule has 0 atom stereocenters. The number of hydroxylamine groups is 1. The smallest absolute Gasteiger partial charge is 0.267 e. The molecule has 0 radical (unpaired) electrons. The van der Waals surface area contributed by atoms with Crippen LogP contribution < -0.4 is 10.8 Å². The van der Waals surface area contributed by atoms with E-state index in [4.69, 9.17) is 10.2 Å². The van der Waals surface area contributed by atoms with Crippen LogP contribution in [0.3, 0.4) is 0 Å². The van der Waals surface area contributed by atoms with Crippen LogP contribution in [0.5, 0.6) is 0 Å². The van der Waals surface area contributed by atoms with Gasteiger partial charge < -0.3 is 9.72 Å². The summed E-state index contributed by atoms with van der Waals surface area (Å²) in [7, 11) is 0. The van der Waals surface area contributed by atoms with Crippen molar-refractivity contribution in [1.82, 2.24) is 20.2 Å². The number of nitrogens with one attached hydrogen (secondary N) is 2. The minimum Gasteiger partial charge on any atom is -0.306 e. The third-order valence-electron chi connectivity index (χ3n) is 4.11. The third kappa shape index (κ3) is 5.68. The number of nitrogens with zero attached hydrogens (tertiary/aromatic N) is 2. The predicted octanol–water partition coefficient (Wildman–Crippen LogP) is 3.33. The summed E-state index contributed by atoms with van der Waals surface area (Å²) in [6, 6.07) is 3.88. The van der Waals surface area contributed by atoms with Crippen molar-refractivity contribution in [2.24, 2.45) is 5.92 Å². The summed E-state index contributed by atoms with van der Waals surface area (Å²) in [5.41, 5.74) is 5.63. The number of carbonyl (C=O) groups is 1. The van der Waals surface area contributed by atoms with Crippen molar-refractivity contribution < 1.29 is 10.0 Å². The van der Waals surface area contributed by atoms with Crippen LogP contribution >= 0.6 is 0 Å². The van der Waals surface area contributed by atoms with Gasteiger partial charge in [-0.25, -0.2) is 10.5 Å². The summed E-state index contributed by atoms with van der Waals surface area (Å²) in [4.78, 5) is 16.0. The van der Waals surface area contributed by atoms with Crippen LogP contribution in [0.15, 0.2) is 24.4 Å². The monoisotopic (exact) mass is 358 g/mol. The Morgan fingerprint density at radius 3 is 2.73 bits per heavy atom. The fraction of sp³-hybridized carbons (Fsp3) is 0.500. The SMILES string of the molecule is CC(C)CCc1nc2cc(C=CC(=O)NO)ccn2c1CNC(C)(C)C. The molecule has 6 heteroatoms. The highest BCUT2D eigenvalue weighted by atomic mass is 16.5. The molecule has 0 aliphatic rings. The Kier molecular flexibility index (Phi) is 6.56. The molecule has 6 nitrogen and oxygen atoms in total. The second kappa shape index (κ2) is 8.47. The van der Waals surface area contributed by atoms with E-state index in [1.807, 2.05) is 18.3 Å². The molecule has 1 amide bonds. The van der Waals surface area contributed by atoms with E-state index in [9.17, 15) is 4.79 Å². The Morgan fingerprint density at radius 1 is 1.38 bits per heavy atom. The Bertz CT molecular complexity index is 785. The lowest BCUT2D eigenvalue weighted by molar-refractivity contribution is -0.124. The average Bonchev–Trinajstić information content (AvgIpc) is 2.92. The predicted molar refractivity (Wildman–Crippen MR) is 104 cm³/mol. The Balaban J connectivity index is 2.36. The minimum atomic E-state index is -0.555. The van der Waals surface area contributed by atoms with Gasteiger partial charge in [-0.15, -0.1) is 0 Å². The maximum Gasteiger partial charge on any atom is 0.267 e. The number of fused-ring (bicyclic) bond motifs is 1. The summed E-state index contributed by atoms with van der Waals surface area (Å²) >= 11 is 0. The highest BCUT2D eigenvalue weighted by molar-refractivity contribution is 5.90. The van der Waals surface area contributed by atoms with Crippen molar-refractivity contribution in [3.63, 3.8) is 0 Å². The molecule has 0 fully saturated rings. The number of aryl methyl sites for hydroxylation is 1. The van der Waals surface area contributed by atoms with Crippen LogP contribution in [-0.4, -0.2) is 26.0 Å². The summed E-state index contributed by atoms with van der Waals surface area (Å²) in [6.07, 6.45) is 6.96. The first-order valence-corrected chi connectivity index (χ1v) is 9.06. The highest BCUT2D eigenvalue weighted by Crippen LogP contribution is 2.19. The summed E-state index contributed by atoms with van der Waals surface area (Å²) in [5.74, 6) is 0.0691. The van der Waals surface area contributed by atoms with Gasteiger partial charge >= 0.3 is 0 Å². The Morgan fingerprint density at radius 2 is 2.12 bits per heavy atom. The summed E-state index contributed by atoms with van der Waals surface area (Å²) < 4.78 is 2.11. The van der Waals surface area contributed by atoms with Gasteiger partial charge in [0.2, 0.25) is 0 Å². The standard InChI is InChI=1S/C20H30N4O2/c1-14(2)6-8-16-17(13-21-20(3,4)5)24-11-10-15(12-18(24)22-16)7-9-19(25)23-26/h7,9-12,14,21,26H,6,8,13H2,1-5H3,(H,23,25). The zero-order valence-corrected chi connectivity index (χ0v) is 16.3. The normalized spacial score (nSPS) is 12.4. The van der Waals surface area contributed by atoms with Crippen molar-refractivity contribution in [2.75, 3.05) is 0 Å². The van der Waals surface area contributed by atoms with Crippen molar-refractivity contribution in [3.8, 4) is 0 Å². The van der Waals surface area contributed by atoms with E-state index in [2.05, 4.69) is 44.3 Å². The van der Waals surface area contributed by atoms with Crippen molar-refractivity contribution in [3.05, 3.63) is 41.4 Å². The van der Waals surface area contributed by atoms with Crippen molar-refractivity contribution in [2.45, 2.75) is 59.5 Å². The molecule has 0 aromatic carbocycles. The summed E-state index contributed by atoms with van der Waals surface area (Å²) in [6.45, 7) is 11.6. The van der Waals surface area contributed by atoms with Gasteiger partial charge in [-0.05, 0) is 63.3 Å². The highest BCUT2D eigenvalue weighted by Gasteiger charge is 2.16. The molecule has 0 saturated heterocycles. The molecule has 0 bridgehead atoms. The maximum absolute atomic E-state index is 11.2. The molecule has 0 spiro atoms. The van der Waals surface area contributed by atoms with E-state index in [0.717, 1.165) is 36.3 Å². The molecule has 2 heterocycles. The molecule has 2 aromatic rings. The van der Waals surface area contributed by atoms with E-state index < -0.39 is 5.91 Å². The first-order valence-electron chi connectivity index (χ1n) is 9.06. The lowest BCUT2D eigenvalue weighted by Crippen LogP contribution is -2.35. The quantitative estimate of drug-likeness (QED) is 0.403. The average molecular weight is 358 g/mol. The van der Waals surface area contributed by atoms with E-state index in [0.29, 0.717) is 5.92 Å². The number of pyridine rings is 1. The van der Waals surface area contributed by atoms with Crippen LogP contribution in [0.1, 0.15) is 58.0 Å². The molecule has 3 N–H and O–H groups in total. The lowest BCUT2D eigenvalue weighted by Gasteiger charge is -2.21. The molecular weight excluding hydrogens is 328 g/mol. The Labute approximate surface area is 155 Å². The first-order chi connectivity index (χ1) is 12.2. The third-order valence-corrected chi connectivity index (χ3v) is 4.11. The van der Waals surface area contributed by atoms with Gasteiger partial charge in [0.15, 0.2) is 0 Å². The molecular formula is C20H30N4O2. The van der Waals surface area contributed by atoms with Crippen molar-refractivity contribution >= 4 is 17.6 Å². The Hall–Kier alpha value is -2.18. The van der Waals surface area contributed by atoms with Gasteiger partial charge in [-0.2, -0.15) is 0 Å². The van der Waals surface area contributed by atoms with Gasteiger partial charge in [-0.3, -0.25) is 10.0 Å². The summed E-state index contributed by atoms with van der Waals surface area (Å²) in [5, 5.41) is 12.1. The molecule has 0 saturated carbocycles. The lowest BCUT2D eigenvalue weighted by atomic mass is 10.0. The maximum atomic E-state index is 11.2. The van der Waals surface area contributed by atoms with Gasteiger partial charge in [-0.1, -0.05) is 13.8 Å². The zero-order chi connectivity index (χ0) is 19.3. The van der Waals surface area contributed by atoms with Crippen molar-refractivity contribution in [1.29, 1.82) is 0 Å².